The fraction of sp³-hybridized carbons (Fsp3) is 0.571. The van der Waals surface area contributed by atoms with E-state index in [1.807, 2.05) is 0 Å². The van der Waals surface area contributed by atoms with Crippen molar-refractivity contribution in [3.63, 3.8) is 0 Å². The lowest BCUT2D eigenvalue weighted by molar-refractivity contribution is -0.122. The van der Waals surface area contributed by atoms with Gasteiger partial charge in [-0.2, -0.15) is 13.2 Å². The molecule has 1 amide bonds. The predicted octanol–water partition coefficient (Wildman–Crippen LogP) is 1.37. The van der Waals surface area contributed by atoms with Crippen LogP contribution < -0.4 is 5.32 Å². The van der Waals surface area contributed by atoms with Crippen molar-refractivity contribution in [2.24, 2.45) is 5.92 Å². The first-order chi connectivity index (χ1) is 5.91. The molecule has 2 nitrogen and oxygen atoms in total. The Morgan fingerprint density at radius 1 is 1.46 bits per heavy atom. The number of amides is 1. The fourth-order valence-electron chi connectivity index (χ4n) is 1.67. The maximum Gasteiger partial charge on any atom is 0.414 e. The molecule has 0 saturated carbocycles. The van der Waals surface area contributed by atoms with E-state index in [9.17, 15) is 18.0 Å². The lowest BCUT2D eigenvalue weighted by Gasteiger charge is -2.17. The van der Waals surface area contributed by atoms with Crippen molar-refractivity contribution in [3.8, 4) is 0 Å². The largest absolute Gasteiger partial charge is 0.414 e. The van der Waals surface area contributed by atoms with E-state index in [4.69, 9.17) is 0 Å². The van der Waals surface area contributed by atoms with Crippen LogP contribution in [0.5, 0.6) is 0 Å². The van der Waals surface area contributed by atoms with E-state index >= 15 is 0 Å². The summed E-state index contributed by atoms with van der Waals surface area (Å²) in [5.74, 6) is -0.999. The number of hydrogen-bond donors (Lipinski definition) is 1. The molecule has 0 aromatic heterocycles. The first-order valence-corrected chi connectivity index (χ1v) is 4.56. The number of fused-ring (bicyclic) bond motifs is 2. The average molecular weight is 256 g/mol. The second kappa shape index (κ2) is 2.50. The summed E-state index contributed by atoms with van der Waals surface area (Å²) in [6, 6.07) is -0.905. The van der Waals surface area contributed by atoms with Gasteiger partial charge in [-0.1, -0.05) is 22.0 Å². The number of rotatable bonds is 0. The number of nitrogens with one attached hydrogen (secondary N) is 1. The van der Waals surface area contributed by atoms with Crippen molar-refractivity contribution in [1.29, 1.82) is 0 Å². The zero-order valence-electron chi connectivity index (χ0n) is 6.23. The first-order valence-electron chi connectivity index (χ1n) is 3.64. The molecule has 13 heavy (non-hydrogen) atoms. The topological polar surface area (TPSA) is 29.1 Å². The fourth-order valence-corrected chi connectivity index (χ4v) is 2.48. The Hall–Kier alpha value is -0.520. The highest BCUT2D eigenvalue weighted by Crippen LogP contribution is 2.43. The van der Waals surface area contributed by atoms with Gasteiger partial charge >= 0.3 is 6.18 Å². The van der Waals surface area contributed by atoms with Crippen LogP contribution in [0.25, 0.3) is 0 Å². The SMILES string of the molecule is O=C1N[C@@H]2C(C(F)(F)F)=C[C@H]1[C@H]2Br. The molecule has 2 bridgehead atoms. The molecule has 0 aromatic carbocycles. The van der Waals surface area contributed by atoms with E-state index in [1.165, 1.54) is 0 Å². The second-order valence-corrected chi connectivity index (χ2v) is 4.13. The van der Waals surface area contributed by atoms with Crippen molar-refractivity contribution in [2.75, 3.05) is 0 Å². The molecule has 72 valence electrons. The van der Waals surface area contributed by atoms with Gasteiger partial charge in [0.2, 0.25) is 5.91 Å². The summed E-state index contributed by atoms with van der Waals surface area (Å²) in [6.07, 6.45) is -3.33. The Balaban J connectivity index is 2.34. The molecule has 2 rings (SSSR count). The molecule has 1 aliphatic heterocycles. The molecule has 3 atom stereocenters. The molecule has 1 aliphatic carbocycles. The van der Waals surface area contributed by atoms with E-state index in [0.717, 1.165) is 6.08 Å². The summed E-state index contributed by atoms with van der Waals surface area (Å²) in [5.41, 5.74) is -0.640. The van der Waals surface area contributed by atoms with Gasteiger partial charge in [0.05, 0.1) is 22.4 Å². The van der Waals surface area contributed by atoms with E-state index in [-0.39, 0.29) is 5.91 Å². The number of carbonyl (C=O) groups is 1. The Morgan fingerprint density at radius 2 is 2.08 bits per heavy atom. The minimum absolute atomic E-state index is 0.333. The molecule has 1 saturated heterocycles. The number of carbonyl (C=O) groups excluding carboxylic acids is 1. The molecular formula is C7H5BrF3NO. The highest BCUT2D eigenvalue weighted by molar-refractivity contribution is 9.09. The van der Waals surface area contributed by atoms with E-state index < -0.39 is 28.5 Å². The third-order valence-electron chi connectivity index (χ3n) is 2.28. The monoisotopic (exact) mass is 255 g/mol. The third-order valence-corrected chi connectivity index (χ3v) is 3.38. The maximum absolute atomic E-state index is 12.3. The van der Waals surface area contributed by atoms with Crippen LogP contribution in [0.2, 0.25) is 0 Å². The van der Waals surface area contributed by atoms with E-state index in [1.54, 1.807) is 0 Å². The van der Waals surface area contributed by atoms with E-state index in [0.29, 0.717) is 0 Å². The van der Waals surface area contributed by atoms with Crippen LogP contribution in [0.3, 0.4) is 0 Å². The van der Waals surface area contributed by atoms with Gasteiger partial charge in [-0.3, -0.25) is 4.79 Å². The maximum atomic E-state index is 12.3. The Kier molecular flexibility index (Phi) is 1.74. The summed E-state index contributed by atoms with van der Waals surface area (Å²) in [6.45, 7) is 0. The number of halogens is 4. The minimum atomic E-state index is -4.33. The van der Waals surface area contributed by atoms with Crippen LogP contribution in [0.1, 0.15) is 0 Å². The molecule has 0 radical (unpaired) electrons. The average Bonchev–Trinajstić information content (AvgIpc) is 2.41. The minimum Gasteiger partial charge on any atom is -0.348 e. The summed E-state index contributed by atoms with van der Waals surface area (Å²) < 4.78 is 36.8. The van der Waals surface area contributed by atoms with Crippen LogP contribution >= 0.6 is 15.9 Å². The van der Waals surface area contributed by atoms with Gasteiger partial charge in [-0.15, -0.1) is 0 Å². The van der Waals surface area contributed by atoms with Gasteiger partial charge < -0.3 is 5.32 Å². The van der Waals surface area contributed by atoms with Gasteiger partial charge in [-0.05, 0) is 0 Å². The van der Waals surface area contributed by atoms with Crippen molar-refractivity contribution in [1.82, 2.24) is 5.32 Å². The van der Waals surface area contributed by atoms with Crippen molar-refractivity contribution in [2.45, 2.75) is 17.0 Å². The van der Waals surface area contributed by atoms with Gasteiger partial charge in [0.15, 0.2) is 0 Å². The van der Waals surface area contributed by atoms with Gasteiger partial charge in [-0.25, -0.2) is 0 Å². The van der Waals surface area contributed by atoms with Gasteiger partial charge in [0.1, 0.15) is 0 Å². The molecule has 0 aromatic rings. The smallest absolute Gasteiger partial charge is 0.348 e. The zero-order valence-corrected chi connectivity index (χ0v) is 7.82. The van der Waals surface area contributed by atoms with Crippen molar-refractivity contribution in [3.05, 3.63) is 11.6 Å². The molecule has 2 aliphatic rings. The molecular weight excluding hydrogens is 251 g/mol. The van der Waals surface area contributed by atoms with Crippen LogP contribution in [0, 0.1) is 5.92 Å². The predicted molar refractivity (Wildman–Crippen MR) is 42.3 cm³/mol. The number of hydrogen-bond acceptors (Lipinski definition) is 1. The van der Waals surface area contributed by atoms with Crippen molar-refractivity contribution < 1.29 is 18.0 Å². The van der Waals surface area contributed by atoms with Crippen molar-refractivity contribution >= 4 is 21.8 Å². The van der Waals surface area contributed by atoms with E-state index in [2.05, 4.69) is 21.2 Å². The summed E-state index contributed by atoms with van der Waals surface area (Å²) >= 11 is 3.07. The third kappa shape index (κ3) is 1.19. The molecule has 1 heterocycles. The normalized spacial score (nSPS) is 37.7. The quantitative estimate of drug-likeness (QED) is 0.514. The molecule has 1 N–H and O–H groups in total. The van der Waals surface area contributed by atoms with Crippen LogP contribution in [0.4, 0.5) is 13.2 Å². The standard InChI is InChI=1S/C7H5BrF3NO/c8-4-2-1-3(7(9,10)11)5(4)12-6(2)13/h1-2,4-5H,(H,12,13)/t2-,4+,5+/m0/s1. The summed E-state index contributed by atoms with van der Waals surface area (Å²) in [7, 11) is 0. The lowest BCUT2D eigenvalue weighted by Crippen LogP contribution is -2.37. The Bertz CT molecular complexity index is 299. The van der Waals surface area contributed by atoms with Gasteiger partial charge in [0.25, 0.3) is 0 Å². The van der Waals surface area contributed by atoms with Crippen LogP contribution in [-0.4, -0.2) is 23.0 Å². The van der Waals surface area contributed by atoms with Crippen LogP contribution in [-0.2, 0) is 4.79 Å². The first kappa shape index (κ1) is 9.05. The lowest BCUT2D eigenvalue weighted by atomic mass is 10.1. The Labute approximate surface area is 80.3 Å². The molecule has 1 fully saturated rings. The highest BCUT2D eigenvalue weighted by Gasteiger charge is 2.54. The molecule has 6 heteroatoms. The Morgan fingerprint density at radius 3 is 2.38 bits per heavy atom. The van der Waals surface area contributed by atoms with Gasteiger partial charge in [0, 0.05) is 0 Å². The number of alkyl halides is 4. The zero-order chi connectivity index (χ0) is 9.80. The van der Waals surface area contributed by atoms with Crippen LogP contribution in [0.15, 0.2) is 11.6 Å². The molecule has 0 unspecified atom stereocenters. The molecule has 0 spiro atoms. The second-order valence-electron chi connectivity index (χ2n) is 3.08. The summed E-state index contributed by atoms with van der Waals surface area (Å²) in [5, 5.41) is 2.29. The summed E-state index contributed by atoms with van der Waals surface area (Å²) in [4.78, 5) is 10.5. The highest BCUT2D eigenvalue weighted by atomic mass is 79.9.